The average Bonchev–Trinajstić information content (AvgIpc) is 3.06. The Morgan fingerprint density at radius 3 is 2.58 bits per heavy atom. The molecule has 0 aliphatic carbocycles. The molecule has 24 heavy (non-hydrogen) atoms. The number of hydrogen-bond donors (Lipinski definition) is 1. The van der Waals surface area contributed by atoms with Crippen molar-refractivity contribution in [1.29, 1.82) is 0 Å². The number of ether oxygens (including phenoxy) is 2. The van der Waals surface area contributed by atoms with Gasteiger partial charge in [-0.1, -0.05) is 25.4 Å². The SMILES string of the molecule is CC(=O)OCC(C)(C)C(O)C(Oc1ccc(Cl)cc1)n1ccnc1. The Morgan fingerprint density at radius 1 is 1.38 bits per heavy atom. The zero-order valence-electron chi connectivity index (χ0n) is 13.8. The third kappa shape index (κ3) is 4.72. The number of carbonyl (C=O) groups is 1. The second kappa shape index (κ2) is 7.68. The summed E-state index contributed by atoms with van der Waals surface area (Å²) in [5, 5.41) is 11.4. The van der Waals surface area contributed by atoms with Crippen molar-refractivity contribution >= 4 is 17.6 Å². The van der Waals surface area contributed by atoms with Crippen molar-refractivity contribution < 1.29 is 19.4 Å². The van der Waals surface area contributed by atoms with Crippen LogP contribution in [0.2, 0.25) is 5.02 Å². The number of benzene rings is 1. The molecule has 6 nitrogen and oxygen atoms in total. The predicted molar refractivity (Wildman–Crippen MR) is 89.8 cm³/mol. The number of halogens is 1. The molecule has 0 saturated heterocycles. The van der Waals surface area contributed by atoms with E-state index in [4.69, 9.17) is 21.1 Å². The van der Waals surface area contributed by atoms with Crippen LogP contribution >= 0.6 is 11.6 Å². The van der Waals surface area contributed by atoms with Crippen LogP contribution in [0.1, 0.15) is 27.0 Å². The first-order chi connectivity index (χ1) is 11.3. The van der Waals surface area contributed by atoms with Crippen LogP contribution in [-0.2, 0) is 9.53 Å². The fraction of sp³-hybridized carbons (Fsp3) is 0.412. The van der Waals surface area contributed by atoms with Gasteiger partial charge in [0.2, 0.25) is 6.23 Å². The molecule has 2 aromatic rings. The van der Waals surface area contributed by atoms with Gasteiger partial charge in [0.15, 0.2) is 0 Å². The summed E-state index contributed by atoms with van der Waals surface area (Å²) in [5.41, 5.74) is -0.729. The van der Waals surface area contributed by atoms with E-state index < -0.39 is 23.7 Å². The van der Waals surface area contributed by atoms with Crippen LogP contribution in [0, 0.1) is 5.41 Å². The molecule has 1 heterocycles. The second-order valence-corrected chi connectivity index (χ2v) is 6.62. The Morgan fingerprint density at radius 2 is 2.04 bits per heavy atom. The molecule has 0 aliphatic heterocycles. The maximum Gasteiger partial charge on any atom is 0.302 e. The van der Waals surface area contributed by atoms with Gasteiger partial charge in [0.1, 0.15) is 11.9 Å². The molecule has 1 aromatic carbocycles. The van der Waals surface area contributed by atoms with Gasteiger partial charge in [0.25, 0.3) is 0 Å². The van der Waals surface area contributed by atoms with Crippen LogP contribution in [-0.4, -0.2) is 33.3 Å². The first-order valence-electron chi connectivity index (χ1n) is 7.51. The van der Waals surface area contributed by atoms with E-state index in [0.29, 0.717) is 10.8 Å². The summed E-state index contributed by atoms with van der Waals surface area (Å²) < 4.78 is 12.7. The smallest absolute Gasteiger partial charge is 0.302 e. The molecule has 0 bridgehead atoms. The van der Waals surface area contributed by atoms with E-state index in [2.05, 4.69) is 4.98 Å². The third-order valence-corrected chi connectivity index (χ3v) is 3.86. The Balaban J connectivity index is 2.22. The Kier molecular flexibility index (Phi) is 5.85. The monoisotopic (exact) mass is 352 g/mol. The van der Waals surface area contributed by atoms with Gasteiger partial charge in [-0.2, -0.15) is 0 Å². The first-order valence-corrected chi connectivity index (χ1v) is 7.88. The molecular formula is C17H21ClN2O4. The normalized spacial score (nSPS) is 14.0. The van der Waals surface area contributed by atoms with Gasteiger partial charge in [-0.3, -0.25) is 9.36 Å². The van der Waals surface area contributed by atoms with Gasteiger partial charge in [0.05, 0.1) is 12.9 Å². The molecule has 2 atom stereocenters. The van der Waals surface area contributed by atoms with Crippen LogP contribution < -0.4 is 4.74 Å². The lowest BCUT2D eigenvalue weighted by atomic mass is 9.86. The van der Waals surface area contributed by atoms with Crippen LogP contribution in [0.25, 0.3) is 0 Å². The summed E-state index contributed by atoms with van der Waals surface area (Å²) in [5.74, 6) is 0.161. The van der Waals surface area contributed by atoms with Crippen molar-refractivity contribution in [1.82, 2.24) is 9.55 Å². The van der Waals surface area contributed by atoms with Crippen molar-refractivity contribution in [2.45, 2.75) is 33.1 Å². The fourth-order valence-corrected chi connectivity index (χ4v) is 2.25. The molecule has 0 radical (unpaired) electrons. The van der Waals surface area contributed by atoms with Gasteiger partial charge in [-0.05, 0) is 24.3 Å². The highest BCUT2D eigenvalue weighted by atomic mass is 35.5. The van der Waals surface area contributed by atoms with Crippen LogP contribution in [0.5, 0.6) is 5.75 Å². The van der Waals surface area contributed by atoms with Gasteiger partial charge < -0.3 is 14.6 Å². The fourth-order valence-electron chi connectivity index (χ4n) is 2.12. The lowest BCUT2D eigenvalue weighted by Crippen LogP contribution is -2.43. The lowest BCUT2D eigenvalue weighted by Gasteiger charge is -2.35. The van der Waals surface area contributed by atoms with Gasteiger partial charge >= 0.3 is 5.97 Å². The van der Waals surface area contributed by atoms with E-state index in [1.165, 1.54) is 6.92 Å². The molecule has 0 fully saturated rings. The summed E-state index contributed by atoms with van der Waals surface area (Å²) in [6, 6.07) is 6.85. The van der Waals surface area contributed by atoms with E-state index in [9.17, 15) is 9.90 Å². The van der Waals surface area contributed by atoms with E-state index in [1.54, 1.807) is 61.4 Å². The van der Waals surface area contributed by atoms with E-state index in [-0.39, 0.29) is 6.61 Å². The topological polar surface area (TPSA) is 73.6 Å². The molecular weight excluding hydrogens is 332 g/mol. The van der Waals surface area contributed by atoms with Gasteiger partial charge in [0, 0.05) is 29.8 Å². The maximum atomic E-state index is 11.1. The Bertz CT molecular complexity index is 656. The Labute approximate surface area is 146 Å². The van der Waals surface area contributed by atoms with Crippen molar-refractivity contribution in [3.63, 3.8) is 0 Å². The van der Waals surface area contributed by atoms with Gasteiger partial charge in [-0.15, -0.1) is 0 Å². The zero-order valence-corrected chi connectivity index (χ0v) is 14.6. The van der Waals surface area contributed by atoms with E-state index in [1.807, 2.05) is 0 Å². The van der Waals surface area contributed by atoms with E-state index in [0.717, 1.165) is 0 Å². The summed E-state index contributed by atoms with van der Waals surface area (Å²) in [4.78, 5) is 15.1. The highest BCUT2D eigenvalue weighted by Gasteiger charge is 2.37. The molecule has 0 aliphatic rings. The number of nitrogens with zero attached hydrogens (tertiary/aromatic N) is 2. The molecule has 0 saturated carbocycles. The summed E-state index contributed by atoms with van der Waals surface area (Å²) in [7, 11) is 0. The quantitative estimate of drug-likeness (QED) is 0.775. The second-order valence-electron chi connectivity index (χ2n) is 6.19. The largest absolute Gasteiger partial charge is 0.467 e. The molecule has 1 N–H and O–H groups in total. The number of esters is 1. The molecule has 7 heteroatoms. The van der Waals surface area contributed by atoms with Crippen LogP contribution in [0.15, 0.2) is 43.0 Å². The number of hydrogen-bond acceptors (Lipinski definition) is 5. The number of imidazole rings is 1. The minimum atomic E-state index is -0.957. The zero-order chi connectivity index (χ0) is 17.7. The summed E-state index contributed by atoms with van der Waals surface area (Å²) >= 11 is 5.89. The average molecular weight is 353 g/mol. The molecule has 0 spiro atoms. The van der Waals surface area contributed by atoms with E-state index >= 15 is 0 Å². The number of aliphatic hydroxyl groups is 1. The number of aromatic nitrogens is 2. The van der Waals surface area contributed by atoms with Crippen molar-refractivity contribution in [2.75, 3.05) is 6.61 Å². The third-order valence-electron chi connectivity index (χ3n) is 3.61. The van der Waals surface area contributed by atoms with Crippen molar-refractivity contribution in [3.05, 3.63) is 48.0 Å². The number of carbonyl (C=O) groups excluding carboxylic acids is 1. The lowest BCUT2D eigenvalue weighted by molar-refractivity contribution is -0.151. The predicted octanol–water partition coefficient (Wildman–Crippen LogP) is 3.06. The molecule has 2 unspecified atom stereocenters. The van der Waals surface area contributed by atoms with Crippen LogP contribution in [0.3, 0.4) is 0 Å². The summed E-state index contributed by atoms with van der Waals surface area (Å²) in [6.45, 7) is 5.00. The molecule has 1 aromatic heterocycles. The minimum absolute atomic E-state index is 0.0681. The first kappa shape index (κ1) is 18.3. The number of aliphatic hydroxyl groups excluding tert-OH is 1. The molecule has 2 rings (SSSR count). The molecule has 130 valence electrons. The highest BCUT2D eigenvalue weighted by molar-refractivity contribution is 6.30. The molecule has 0 amide bonds. The number of rotatable bonds is 7. The van der Waals surface area contributed by atoms with Crippen molar-refractivity contribution in [2.24, 2.45) is 5.41 Å². The Hall–Kier alpha value is -2.05. The van der Waals surface area contributed by atoms with Crippen LogP contribution in [0.4, 0.5) is 0 Å². The summed E-state index contributed by atoms with van der Waals surface area (Å²) in [6.07, 6.45) is 3.17. The highest BCUT2D eigenvalue weighted by Crippen LogP contribution is 2.32. The van der Waals surface area contributed by atoms with Gasteiger partial charge in [-0.25, -0.2) is 4.98 Å². The van der Waals surface area contributed by atoms with Crippen molar-refractivity contribution in [3.8, 4) is 5.75 Å². The minimum Gasteiger partial charge on any atom is -0.467 e. The standard InChI is InChI=1S/C17H21ClN2O4/c1-12(21)23-10-17(2,3)15(22)16(20-9-8-19-11-20)24-14-6-4-13(18)5-7-14/h4-9,11,15-16,22H,10H2,1-3H3. The maximum absolute atomic E-state index is 11.1.